The number of phenolic OH excluding ortho intramolecular Hbond substituents is 1. The van der Waals surface area contributed by atoms with Crippen LogP contribution in [0.5, 0.6) is 5.75 Å². The average Bonchev–Trinajstić information content (AvgIpc) is 3.04. The Labute approximate surface area is 128 Å². The highest BCUT2D eigenvalue weighted by Crippen LogP contribution is 2.30. The van der Waals surface area contributed by atoms with Crippen molar-refractivity contribution in [3.8, 4) is 5.75 Å². The third-order valence-electron chi connectivity index (χ3n) is 3.50. The number of nitrogens with one attached hydrogen (secondary N) is 1. The topological polar surface area (TPSA) is 64.9 Å². The van der Waals surface area contributed by atoms with Crippen LogP contribution in [0, 0.1) is 0 Å². The van der Waals surface area contributed by atoms with E-state index < -0.39 is 0 Å². The Morgan fingerprint density at radius 3 is 2.59 bits per heavy atom. The Morgan fingerprint density at radius 2 is 1.95 bits per heavy atom. The van der Waals surface area contributed by atoms with Gasteiger partial charge in [0, 0.05) is 24.8 Å². The van der Waals surface area contributed by atoms with E-state index in [9.17, 15) is 9.90 Å². The molecule has 2 aromatic carbocycles. The van der Waals surface area contributed by atoms with Gasteiger partial charge in [-0.1, -0.05) is 18.2 Å². The second-order valence-electron chi connectivity index (χ2n) is 5.05. The van der Waals surface area contributed by atoms with E-state index in [0.717, 1.165) is 12.2 Å². The van der Waals surface area contributed by atoms with Crippen molar-refractivity contribution in [3.63, 3.8) is 0 Å². The Morgan fingerprint density at radius 1 is 1.18 bits per heavy atom. The first kappa shape index (κ1) is 14.1. The minimum atomic E-state index is -0.0934. The third-order valence-corrected chi connectivity index (χ3v) is 3.50. The van der Waals surface area contributed by atoms with Gasteiger partial charge in [0.05, 0.1) is 12.1 Å². The number of carbonyl (C=O) groups excluding carboxylic acids is 1. The number of hydrogen-bond donors (Lipinski definition) is 2. The van der Waals surface area contributed by atoms with Crippen LogP contribution in [0.15, 0.2) is 53.5 Å². The van der Waals surface area contributed by atoms with Crippen LogP contribution >= 0.6 is 0 Å². The molecule has 0 saturated heterocycles. The normalized spacial score (nSPS) is 13.4. The van der Waals surface area contributed by atoms with Crippen LogP contribution in [0.3, 0.4) is 0 Å². The van der Waals surface area contributed by atoms with Crippen LogP contribution in [0.1, 0.15) is 12.5 Å². The predicted molar refractivity (Wildman–Crippen MR) is 86.8 cm³/mol. The number of hydrogen-bond acceptors (Lipinski definition) is 4. The number of rotatable bonds is 3. The Bertz CT molecular complexity index is 726. The number of phenols is 1. The summed E-state index contributed by atoms with van der Waals surface area (Å²) in [7, 11) is 0. The zero-order valence-corrected chi connectivity index (χ0v) is 12.3. The predicted octanol–water partition coefficient (Wildman–Crippen LogP) is 2.43. The molecule has 22 heavy (non-hydrogen) atoms. The lowest BCUT2D eigenvalue weighted by molar-refractivity contribution is -0.115. The minimum Gasteiger partial charge on any atom is -0.507 e. The zero-order chi connectivity index (χ0) is 15.5. The van der Waals surface area contributed by atoms with Crippen molar-refractivity contribution < 1.29 is 9.90 Å². The molecule has 112 valence electrons. The molecule has 0 aliphatic carbocycles. The van der Waals surface area contributed by atoms with Crippen molar-refractivity contribution >= 4 is 23.1 Å². The highest BCUT2D eigenvalue weighted by atomic mass is 16.3. The molecule has 3 rings (SSSR count). The van der Waals surface area contributed by atoms with E-state index in [2.05, 4.69) is 10.3 Å². The van der Waals surface area contributed by atoms with Gasteiger partial charge in [0.2, 0.25) is 5.91 Å². The molecule has 1 amide bonds. The van der Waals surface area contributed by atoms with Crippen LogP contribution in [-0.2, 0) is 4.79 Å². The summed E-state index contributed by atoms with van der Waals surface area (Å²) < 4.78 is 0. The number of para-hydroxylation sites is 1. The summed E-state index contributed by atoms with van der Waals surface area (Å²) in [6.07, 6.45) is 0. The summed E-state index contributed by atoms with van der Waals surface area (Å²) in [6, 6.07) is 14.5. The monoisotopic (exact) mass is 295 g/mol. The van der Waals surface area contributed by atoms with E-state index in [1.165, 1.54) is 6.92 Å². The fourth-order valence-electron chi connectivity index (χ4n) is 2.52. The summed E-state index contributed by atoms with van der Waals surface area (Å²) in [5, 5.41) is 13.2. The van der Waals surface area contributed by atoms with E-state index in [1.807, 2.05) is 30.3 Å². The molecule has 5 nitrogen and oxygen atoms in total. The summed E-state index contributed by atoms with van der Waals surface area (Å²) in [4.78, 5) is 18.0. The fourth-order valence-corrected chi connectivity index (χ4v) is 2.52. The Balaban J connectivity index is 2.06. The number of amidine groups is 1. The number of aromatic hydroxyl groups is 1. The molecule has 2 N–H and O–H groups in total. The summed E-state index contributed by atoms with van der Waals surface area (Å²) >= 11 is 0. The molecule has 0 saturated carbocycles. The maximum Gasteiger partial charge on any atom is 0.228 e. The van der Waals surface area contributed by atoms with Gasteiger partial charge in [0.1, 0.15) is 11.6 Å². The molecule has 0 atom stereocenters. The molecule has 5 heteroatoms. The Hall–Kier alpha value is -2.82. The number of amides is 1. The average molecular weight is 295 g/mol. The largest absolute Gasteiger partial charge is 0.507 e. The van der Waals surface area contributed by atoms with Crippen molar-refractivity contribution in [2.75, 3.05) is 18.0 Å². The highest BCUT2D eigenvalue weighted by Gasteiger charge is 2.18. The van der Waals surface area contributed by atoms with Gasteiger partial charge in [-0.15, -0.1) is 0 Å². The van der Waals surface area contributed by atoms with Crippen molar-refractivity contribution in [3.05, 3.63) is 54.1 Å². The maximum atomic E-state index is 12.1. The van der Waals surface area contributed by atoms with Gasteiger partial charge in [-0.2, -0.15) is 0 Å². The zero-order valence-electron chi connectivity index (χ0n) is 12.3. The van der Waals surface area contributed by atoms with E-state index in [4.69, 9.17) is 0 Å². The highest BCUT2D eigenvalue weighted by molar-refractivity contribution is 6.05. The number of anilines is 2. The van der Waals surface area contributed by atoms with Gasteiger partial charge in [-0.25, -0.2) is 0 Å². The molecule has 0 spiro atoms. The number of nitrogens with zero attached hydrogens (tertiary/aromatic N) is 2. The Kier molecular flexibility index (Phi) is 3.78. The molecule has 0 unspecified atom stereocenters. The van der Waals surface area contributed by atoms with E-state index in [0.29, 0.717) is 23.6 Å². The van der Waals surface area contributed by atoms with Gasteiger partial charge < -0.3 is 10.4 Å². The van der Waals surface area contributed by atoms with E-state index in [1.54, 1.807) is 23.1 Å². The molecular weight excluding hydrogens is 278 g/mol. The van der Waals surface area contributed by atoms with Gasteiger partial charge in [-0.05, 0) is 30.3 Å². The molecule has 0 aromatic heterocycles. The van der Waals surface area contributed by atoms with E-state index in [-0.39, 0.29) is 11.7 Å². The molecule has 2 aromatic rings. The van der Waals surface area contributed by atoms with Crippen molar-refractivity contribution in [1.29, 1.82) is 0 Å². The first-order chi connectivity index (χ1) is 10.7. The lowest BCUT2D eigenvalue weighted by Crippen LogP contribution is -2.24. The minimum absolute atomic E-state index is 0.0934. The van der Waals surface area contributed by atoms with Crippen LogP contribution < -0.4 is 10.2 Å². The second-order valence-corrected chi connectivity index (χ2v) is 5.05. The molecule has 1 heterocycles. The van der Waals surface area contributed by atoms with Crippen LogP contribution in [0.25, 0.3) is 0 Å². The van der Waals surface area contributed by atoms with Gasteiger partial charge >= 0.3 is 0 Å². The molecule has 0 radical (unpaired) electrons. The number of aliphatic imine (C=N–C) groups is 1. The quantitative estimate of drug-likeness (QED) is 0.914. The summed E-state index contributed by atoms with van der Waals surface area (Å²) in [6.45, 7) is 2.97. The van der Waals surface area contributed by atoms with Crippen LogP contribution in [0.2, 0.25) is 0 Å². The van der Waals surface area contributed by atoms with Crippen LogP contribution in [0.4, 0.5) is 11.4 Å². The second kappa shape index (κ2) is 5.89. The maximum absolute atomic E-state index is 12.1. The van der Waals surface area contributed by atoms with Crippen molar-refractivity contribution in [2.45, 2.75) is 6.92 Å². The molecule has 1 aliphatic rings. The molecule has 0 fully saturated rings. The first-order valence-electron chi connectivity index (χ1n) is 7.14. The standard InChI is InChI=1S/C17H17N3O2/c1-12(21)20(13-5-3-2-4-6-13)14-7-8-16(22)15(11-14)17-18-9-10-19-17/h2-8,11,22H,9-10H2,1H3,(H,18,19). The number of carbonyl (C=O) groups is 1. The lowest BCUT2D eigenvalue weighted by Gasteiger charge is -2.22. The summed E-state index contributed by atoms with van der Waals surface area (Å²) in [5.74, 6) is 0.716. The first-order valence-corrected chi connectivity index (χ1v) is 7.14. The van der Waals surface area contributed by atoms with Crippen molar-refractivity contribution in [1.82, 2.24) is 5.32 Å². The molecular formula is C17H17N3O2. The van der Waals surface area contributed by atoms with Gasteiger partial charge in [0.15, 0.2) is 0 Å². The van der Waals surface area contributed by atoms with Gasteiger partial charge in [0.25, 0.3) is 0 Å². The lowest BCUT2D eigenvalue weighted by atomic mass is 10.1. The molecule has 1 aliphatic heterocycles. The SMILES string of the molecule is CC(=O)N(c1ccccc1)c1ccc(O)c(C2=NCCN2)c1. The summed E-state index contributed by atoms with van der Waals surface area (Å²) in [5.41, 5.74) is 2.09. The van der Waals surface area contributed by atoms with E-state index >= 15 is 0 Å². The van der Waals surface area contributed by atoms with Gasteiger partial charge in [-0.3, -0.25) is 14.7 Å². The smallest absolute Gasteiger partial charge is 0.228 e. The third kappa shape index (κ3) is 2.65. The fraction of sp³-hybridized carbons (Fsp3) is 0.176. The van der Waals surface area contributed by atoms with Crippen LogP contribution in [-0.4, -0.2) is 29.9 Å². The van der Waals surface area contributed by atoms with Crippen molar-refractivity contribution in [2.24, 2.45) is 4.99 Å². The molecule has 0 bridgehead atoms. The number of benzene rings is 2.